The van der Waals surface area contributed by atoms with Gasteiger partial charge in [0.15, 0.2) is 0 Å². The van der Waals surface area contributed by atoms with E-state index < -0.39 is 0 Å². The summed E-state index contributed by atoms with van der Waals surface area (Å²) in [6, 6.07) is 0. The molecule has 0 unspecified atom stereocenters. The van der Waals surface area contributed by atoms with Gasteiger partial charge in [-0.2, -0.15) is 0 Å². The SMILES string of the molecule is CCCCCCCCC/C=N\OC. The van der Waals surface area contributed by atoms with Gasteiger partial charge >= 0.3 is 0 Å². The summed E-state index contributed by atoms with van der Waals surface area (Å²) in [5.74, 6) is 0. The van der Waals surface area contributed by atoms with Crippen LogP contribution in [0.25, 0.3) is 0 Å². The smallest absolute Gasteiger partial charge is 0.106 e. The second-order valence-corrected chi connectivity index (χ2v) is 3.38. The minimum Gasteiger partial charge on any atom is -0.399 e. The van der Waals surface area contributed by atoms with Gasteiger partial charge in [-0.05, 0) is 12.8 Å². The van der Waals surface area contributed by atoms with Gasteiger partial charge in [-0.25, -0.2) is 0 Å². The molecule has 78 valence electrons. The third-order valence-corrected chi connectivity index (χ3v) is 2.12. The second kappa shape index (κ2) is 11.5. The molecular weight excluding hydrogens is 162 g/mol. The van der Waals surface area contributed by atoms with Crippen LogP contribution in [0.1, 0.15) is 58.3 Å². The molecular formula is C11H23NO. The molecule has 0 rings (SSSR count). The lowest BCUT2D eigenvalue weighted by Gasteiger charge is -1.98. The van der Waals surface area contributed by atoms with E-state index in [1.54, 1.807) is 7.11 Å². The standard InChI is InChI=1S/C11H23NO/c1-3-4-5-6-7-8-9-10-11-12-13-2/h11H,3-10H2,1-2H3/b12-11-. The third kappa shape index (κ3) is 11.5. The average Bonchev–Trinajstić information content (AvgIpc) is 2.16. The number of oxime groups is 1. The number of unbranched alkanes of at least 4 members (excludes halogenated alkanes) is 7. The Morgan fingerprint density at radius 2 is 1.62 bits per heavy atom. The first kappa shape index (κ1) is 12.5. The van der Waals surface area contributed by atoms with Crippen molar-refractivity contribution in [3.05, 3.63) is 0 Å². The molecule has 0 N–H and O–H groups in total. The van der Waals surface area contributed by atoms with Gasteiger partial charge in [0.2, 0.25) is 0 Å². The van der Waals surface area contributed by atoms with Crippen LogP contribution in [0.5, 0.6) is 0 Å². The van der Waals surface area contributed by atoms with Crippen molar-refractivity contribution >= 4 is 6.21 Å². The maximum absolute atomic E-state index is 4.57. The van der Waals surface area contributed by atoms with Crippen molar-refractivity contribution in [2.45, 2.75) is 58.3 Å². The normalized spacial score (nSPS) is 10.9. The molecule has 0 radical (unpaired) electrons. The highest BCUT2D eigenvalue weighted by Crippen LogP contribution is 2.07. The quantitative estimate of drug-likeness (QED) is 0.304. The van der Waals surface area contributed by atoms with Crippen LogP contribution < -0.4 is 0 Å². The minimum atomic E-state index is 1.06. The first-order valence-corrected chi connectivity index (χ1v) is 5.46. The highest BCUT2D eigenvalue weighted by atomic mass is 16.6. The zero-order chi connectivity index (χ0) is 9.78. The fourth-order valence-corrected chi connectivity index (χ4v) is 1.32. The van der Waals surface area contributed by atoms with Crippen LogP contribution in [0.4, 0.5) is 0 Å². The molecule has 0 atom stereocenters. The van der Waals surface area contributed by atoms with E-state index in [4.69, 9.17) is 0 Å². The number of rotatable bonds is 9. The summed E-state index contributed by atoms with van der Waals surface area (Å²) < 4.78 is 0. The van der Waals surface area contributed by atoms with Gasteiger partial charge in [-0.1, -0.05) is 50.6 Å². The molecule has 0 aromatic heterocycles. The molecule has 0 aliphatic carbocycles. The van der Waals surface area contributed by atoms with Crippen molar-refractivity contribution in [3.8, 4) is 0 Å². The van der Waals surface area contributed by atoms with Crippen LogP contribution >= 0.6 is 0 Å². The summed E-state index contributed by atoms with van der Waals surface area (Å²) in [5, 5.41) is 3.69. The largest absolute Gasteiger partial charge is 0.399 e. The minimum absolute atomic E-state index is 1.06. The molecule has 0 aliphatic heterocycles. The Bertz CT molecular complexity index is 113. The van der Waals surface area contributed by atoms with Gasteiger partial charge in [0.25, 0.3) is 0 Å². The van der Waals surface area contributed by atoms with Gasteiger partial charge in [-0.3, -0.25) is 0 Å². The predicted octanol–water partition coefficient (Wildman–Crippen LogP) is 3.76. The molecule has 0 aromatic rings. The predicted molar refractivity (Wildman–Crippen MR) is 58.1 cm³/mol. The second-order valence-electron chi connectivity index (χ2n) is 3.38. The Morgan fingerprint density at radius 1 is 1.00 bits per heavy atom. The maximum Gasteiger partial charge on any atom is 0.106 e. The lowest BCUT2D eigenvalue weighted by atomic mass is 10.1. The van der Waals surface area contributed by atoms with Crippen molar-refractivity contribution in [3.63, 3.8) is 0 Å². The van der Waals surface area contributed by atoms with Gasteiger partial charge in [0, 0.05) is 6.21 Å². The van der Waals surface area contributed by atoms with E-state index in [2.05, 4.69) is 16.9 Å². The molecule has 0 amide bonds. The van der Waals surface area contributed by atoms with Gasteiger partial charge < -0.3 is 4.84 Å². The Kier molecular flexibility index (Phi) is 11.0. The summed E-state index contributed by atoms with van der Waals surface area (Å²) in [6.45, 7) is 2.25. The van der Waals surface area contributed by atoms with Crippen molar-refractivity contribution in [2.75, 3.05) is 7.11 Å². The molecule has 0 saturated carbocycles. The van der Waals surface area contributed by atoms with E-state index in [-0.39, 0.29) is 0 Å². The van der Waals surface area contributed by atoms with Crippen LogP contribution in [0.3, 0.4) is 0 Å². The van der Waals surface area contributed by atoms with E-state index in [1.165, 1.54) is 44.9 Å². The topological polar surface area (TPSA) is 21.6 Å². The highest BCUT2D eigenvalue weighted by molar-refractivity contribution is 5.55. The van der Waals surface area contributed by atoms with E-state index in [0.29, 0.717) is 0 Å². The molecule has 0 aliphatic rings. The maximum atomic E-state index is 4.57. The summed E-state index contributed by atoms with van der Waals surface area (Å²) in [4.78, 5) is 4.57. The van der Waals surface area contributed by atoms with Crippen molar-refractivity contribution < 1.29 is 4.84 Å². The fourth-order valence-electron chi connectivity index (χ4n) is 1.32. The van der Waals surface area contributed by atoms with E-state index in [9.17, 15) is 0 Å². The lowest BCUT2D eigenvalue weighted by Crippen LogP contribution is -1.81. The van der Waals surface area contributed by atoms with Crippen LogP contribution in [-0.4, -0.2) is 13.3 Å². The lowest BCUT2D eigenvalue weighted by molar-refractivity contribution is 0.214. The van der Waals surface area contributed by atoms with E-state index in [1.807, 2.05) is 6.21 Å². The molecule has 0 spiro atoms. The molecule has 0 heterocycles. The van der Waals surface area contributed by atoms with E-state index in [0.717, 1.165) is 6.42 Å². The molecule has 2 nitrogen and oxygen atoms in total. The summed E-state index contributed by atoms with van der Waals surface area (Å²) in [6.07, 6.45) is 12.4. The molecule has 0 aromatic carbocycles. The molecule has 0 saturated heterocycles. The number of nitrogens with zero attached hydrogens (tertiary/aromatic N) is 1. The monoisotopic (exact) mass is 185 g/mol. The Balaban J connectivity index is 2.87. The van der Waals surface area contributed by atoms with E-state index >= 15 is 0 Å². The zero-order valence-electron chi connectivity index (χ0n) is 9.09. The Morgan fingerprint density at radius 3 is 2.23 bits per heavy atom. The van der Waals surface area contributed by atoms with Crippen molar-refractivity contribution in [1.29, 1.82) is 0 Å². The fraction of sp³-hybridized carbons (Fsp3) is 0.909. The summed E-state index contributed by atoms with van der Waals surface area (Å²) in [5.41, 5.74) is 0. The first-order chi connectivity index (χ1) is 6.41. The Labute approximate surface area is 82.4 Å². The number of hydrogen-bond acceptors (Lipinski definition) is 2. The van der Waals surface area contributed by atoms with Crippen molar-refractivity contribution in [1.82, 2.24) is 0 Å². The summed E-state index contributed by atoms with van der Waals surface area (Å²) in [7, 11) is 1.58. The molecule has 0 bridgehead atoms. The van der Waals surface area contributed by atoms with Crippen LogP contribution in [0.15, 0.2) is 5.16 Å². The van der Waals surface area contributed by atoms with Crippen LogP contribution in [-0.2, 0) is 4.84 Å². The zero-order valence-corrected chi connectivity index (χ0v) is 9.09. The summed E-state index contributed by atoms with van der Waals surface area (Å²) >= 11 is 0. The molecule has 0 fully saturated rings. The van der Waals surface area contributed by atoms with Gasteiger partial charge in [-0.15, -0.1) is 0 Å². The molecule has 2 heteroatoms. The Hall–Kier alpha value is -0.530. The third-order valence-electron chi connectivity index (χ3n) is 2.12. The van der Waals surface area contributed by atoms with Gasteiger partial charge in [0.1, 0.15) is 7.11 Å². The average molecular weight is 185 g/mol. The number of hydrogen-bond donors (Lipinski definition) is 0. The van der Waals surface area contributed by atoms with Crippen LogP contribution in [0, 0.1) is 0 Å². The highest BCUT2D eigenvalue weighted by Gasteiger charge is 1.89. The van der Waals surface area contributed by atoms with Gasteiger partial charge in [0.05, 0.1) is 0 Å². The molecule has 13 heavy (non-hydrogen) atoms. The van der Waals surface area contributed by atoms with Crippen LogP contribution in [0.2, 0.25) is 0 Å². The first-order valence-electron chi connectivity index (χ1n) is 5.46. The van der Waals surface area contributed by atoms with Crippen molar-refractivity contribution in [2.24, 2.45) is 5.16 Å².